The molecular formula is C14H18N4O2. The standard InChI is InChI=1S/C14H18N4O2/c1-10-8-17-18(9-10)6-5-16-14(19)12-7-11(15)3-4-13(12)20-2/h3-4,7-9H,5-6,15H2,1-2H3,(H,16,19). The van der Waals surface area contributed by atoms with E-state index in [-0.39, 0.29) is 5.91 Å². The Morgan fingerprint density at radius 1 is 1.50 bits per heavy atom. The van der Waals surface area contributed by atoms with E-state index in [1.165, 1.54) is 7.11 Å². The van der Waals surface area contributed by atoms with Crippen LogP contribution in [0.25, 0.3) is 0 Å². The van der Waals surface area contributed by atoms with Crippen molar-refractivity contribution in [1.29, 1.82) is 0 Å². The molecule has 0 aliphatic heterocycles. The molecule has 0 saturated heterocycles. The molecule has 1 aromatic carbocycles. The summed E-state index contributed by atoms with van der Waals surface area (Å²) in [5.74, 6) is 0.296. The second kappa shape index (κ2) is 6.10. The van der Waals surface area contributed by atoms with Crippen LogP contribution in [0.1, 0.15) is 15.9 Å². The molecule has 6 nitrogen and oxygen atoms in total. The summed E-state index contributed by atoms with van der Waals surface area (Å²) >= 11 is 0. The lowest BCUT2D eigenvalue weighted by molar-refractivity contribution is 0.0949. The van der Waals surface area contributed by atoms with Crippen molar-refractivity contribution in [2.75, 3.05) is 19.4 Å². The van der Waals surface area contributed by atoms with Crippen molar-refractivity contribution < 1.29 is 9.53 Å². The normalized spacial score (nSPS) is 10.3. The molecule has 6 heteroatoms. The number of nitrogens with one attached hydrogen (secondary N) is 1. The van der Waals surface area contributed by atoms with Crippen LogP contribution in [0.4, 0.5) is 5.69 Å². The number of nitrogens with two attached hydrogens (primary N) is 1. The summed E-state index contributed by atoms with van der Waals surface area (Å²) in [5.41, 5.74) is 7.75. The van der Waals surface area contributed by atoms with Crippen molar-refractivity contribution in [2.24, 2.45) is 0 Å². The highest BCUT2D eigenvalue weighted by Gasteiger charge is 2.12. The van der Waals surface area contributed by atoms with Gasteiger partial charge in [-0.15, -0.1) is 0 Å². The van der Waals surface area contributed by atoms with Crippen molar-refractivity contribution in [1.82, 2.24) is 15.1 Å². The third-order valence-corrected chi connectivity index (χ3v) is 2.86. The van der Waals surface area contributed by atoms with E-state index in [0.717, 1.165) is 5.56 Å². The Bertz CT molecular complexity index is 607. The van der Waals surface area contributed by atoms with Gasteiger partial charge in [-0.2, -0.15) is 5.10 Å². The molecule has 0 bridgehead atoms. The average Bonchev–Trinajstić information content (AvgIpc) is 2.84. The molecule has 1 amide bonds. The van der Waals surface area contributed by atoms with Crippen LogP contribution < -0.4 is 15.8 Å². The second-order valence-electron chi connectivity index (χ2n) is 4.50. The van der Waals surface area contributed by atoms with Crippen LogP contribution in [0, 0.1) is 6.92 Å². The van der Waals surface area contributed by atoms with Gasteiger partial charge in [0.15, 0.2) is 0 Å². The Kier molecular flexibility index (Phi) is 4.24. The lowest BCUT2D eigenvalue weighted by Gasteiger charge is -2.10. The van der Waals surface area contributed by atoms with E-state index in [1.807, 2.05) is 13.1 Å². The summed E-state index contributed by atoms with van der Waals surface area (Å²) in [6.07, 6.45) is 3.70. The Morgan fingerprint density at radius 3 is 2.95 bits per heavy atom. The second-order valence-corrected chi connectivity index (χ2v) is 4.50. The fraction of sp³-hybridized carbons (Fsp3) is 0.286. The molecule has 1 heterocycles. The van der Waals surface area contributed by atoms with Crippen molar-refractivity contribution in [3.05, 3.63) is 41.7 Å². The molecule has 2 rings (SSSR count). The van der Waals surface area contributed by atoms with Gasteiger partial charge in [0.2, 0.25) is 0 Å². The number of anilines is 1. The minimum Gasteiger partial charge on any atom is -0.496 e. The Hall–Kier alpha value is -2.50. The number of hydrogen-bond donors (Lipinski definition) is 2. The highest BCUT2D eigenvalue weighted by Crippen LogP contribution is 2.20. The van der Waals surface area contributed by atoms with E-state index in [2.05, 4.69) is 10.4 Å². The van der Waals surface area contributed by atoms with Crippen LogP contribution >= 0.6 is 0 Å². The average molecular weight is 274 g/mol. The number of aryl methyl sites for hydroxylation is 1. The molecule has 0 aliphatic rings. The molecular weight excluding hydrogens is 256 g/mol. The molecule has 20 heavy (non-hydrogen) atoms. The summed E-state index contributed by atoms with van der Waals surface area (Å²) in [5, 5.41) is 6.98. The smallest absolute Gasteiger partial charge is 0.255 e. The summed E-state index contributed by atoms with van der Waals surface area (Å²) in [7, 11) is 1.52. The van der Waals surface area contributed by atoms with Gasteiger partial charge in [-0.25, -0.2) is 0 Å². The molecule has 0 aliphatic carbocycles. The monoisotopic (exact) mass is 274 g/mol. The van der Waals surface area contributed by atoms with E-state index in [9.17, 15) is 4.79 Å². The first-order chi connectivity index (χ1) is 9.60. The quantitative estimate of drug-likeness (QED) is 0.803. The van der Waals surface area contributed by atoms with Gasteiger partial charge in [0.25, 0.3) is 5.91 Å². The minimum absolute atomic E-state index is 0.210. The third kappa shape index (κ3) is 3.28. The van der Waals surface area contributed by atoms with E-state index >= 15 is 0 Å². The van der Waals surface area contributed by atoms with Crippen molar-refractivity contribution in [3.63, 3.8) is 0 Å². The number of methoxy groups -OCH3 is 1. The fourth-order valence-corrected chi connectivity index (χ4v) is 1.87. The van der Waals surface area contributed by atoms with Gasteiger partial charge >= 0.3 is 0 Å². The molecule has 1 aromatic heterocycles. The number of aromatic nitrogens is 2. The first kappa shape index (κ1) is 13.9. The van der Waals surface area contributed by atoms with Gasteiger partial charge in [0.1, 0.15) is 5.75 Å². The molecule has 0 spiro atoms. The first-order valence-electron chi connectivity index (χ1n) is 6.31. The number of ether oxygens (including phenoxy) is 1. The fourth-order valence-electron chi connectivity index (χ4n) is 1.87. The number of nitrogens with zero attached hydrogens (tertiary/aromatic N) is 2. The highest BCUT2D eigenvalue weighted by molar-refractivity contribution is 5.97. The number of hydrogen-bond acceptors (Lipinski definition) is 4. The van der Waals surface area contributed by atoms with Crippen LogP contribution in [0.5, 0.6) is 5.75 Å². The number of amides is 1. The molecule has 2 aromatic rings. The number of carbonyl (C=O) groups excluding carboxylic acids is 1. The maximum absolute atomic E-state index is 12.1. The zero-order valence-corrected chi connectivity index (χ0v) is 11.6. The summed E-state index contributed by atoms with van der Waals surface area (Å²) in [4.78, 5) is 12.1. The molecule has 0 saturated carbocycles. The van der Waals surface area contributed by atoms with Crippen molar-refractivity contribution in [3.8, 4) is 5.75 Å². The molecule has 0 unspecified atom stereocenters. The Labute approximate surface area is 117 Å². The zero-order valence-electron chi connectivity index (χ0n) is 11.6. The van der Waals surface area contributed by atoms with Gasteiger partial charge in [-0.3, -0.25) is 9.48 Å². The predicted octanol–water partition coefficient (Wildman–Crippen LogP) is 1.21. The van der Waals surface area contributed by atoms with Crippen molar-refractivity contribution >= 4 is 11.6 Å². The van der Waals surface area contributed by atoms with E-state index in [1.54, 1.807) is 29.1 Å². The van der Waals surface area contributed by atoms with Gasteiger partial charge in [0.05, 0.1) is 25.4 Å². The molecule has 0 atom stereocenters. The number of carbonyl (C=O) groups is 1. The Balaban J connectivity index is 1.96. The number of nitrogen functional groups attached to an aromatic ring is 1. The Morgan fingerprint density at radius 2 is 2.30 bits per heavy atom. The van der Waals surface area contributed by atoms with Gasteiger partial charge in [-0.05, 0) is 30.7 Å². The SMILES string of the molecule is COc1ccc(N)cc1C(=O)NCCn1cc(C)cn1. The lowest BCUT2D eigenvalue weighted by Crippen LogP contribution is -2.27. The van der Waals surface area contributed by atoms with E-state index < -0.39 is 0 Å². The van der Waals surface area contributed by atoms with Crippen LogP contribution in [0.2, 0.25) is 0 Å². The molecule has 0 fully saturated rings. The van der Waals surface area contributed by atoms with Crippen LogP contribution in [-0.4, -0.2) is 29.3 Å². The highest BCUT2D eigenvalue weighted by atomic mass is 16.5. The maximum Gasteiger partial charge on any atom is 0.255 e. The lowest BCUT2D eigenvalue weighted by atomic mass is 10.1. The molecule has 3 N–H and O–H groups in total. The first-order valence-corrected chi connectivity index (χ1v) is 6.31. The van der Waals surface area contributed by atoms with E-state index in [4.69, 9.17) is 10.5 Å². The van der Waals surface area contributed by atoms with Crippen LogP contribution in [-0.2, 0) is 6.54 Å². The minimum atomic E-state index is -0.210. The largest absolute Gasteiger partial charge is 0.496 e. The molecule has 106 valence electrons. The third-order valence-electron chi connectivity index (χ3n) is 2.86. The zero-order chi connectivity index (χ0) is 14.5. The summed E-state index contributed by atoms with van der Waals surface area (Å²) < 4.78 is 6.94. The maximum atomic E-state index is 12.1. The van der Waals surface area contributed by atoms with Crippen molar-refractivity contribution in [2.45, 2.75) is 13.5 Å². The predicted molar refractivity (Wildman–Crippen MR) is 76.7 cm³/mol. The van der Waals surface area contributed by atoms with Crippen LogP contribution in [0.3, 0.4) is 0 Å². The topological polar surface area (TPSA) is 82.2 Å². The summed E-state index contributed by atoms with van der Waals surface area (Å²) in [6, 6.07) is 4.98. The number of rotatable bonds is 5. The molecule has 0 radical (unpaired) electrons. The van der Waals surface area contributed by atoms with Crippen LogP contribution in [0.15, 0.2) is 30.6 Å². The number of benzene rings is 1. The van der Waals surface area contributed by atoms with Gasteiger partial charge in [-0.1, -0.05) is 0 Å². The van der Waals surface area contributed by atoms with Gasteiger partial charge in [0, 0.05) is 18.4 Å². The van der Waals surface area contributed by atoms with Gasteiger partial charge < -0.3 is 15.8 Å². The summed E-state index contributed by atoms with van der Waals surface area (Å²) in [6.45, 7) is 3.07. The van der Waals surface area contributed by atoms with E-state index in [0.29, 0.717) is 30.1 Å².